The van der Waals surface area contributed by atoms with E-state index in [4.69, 9.17) is 0 Å². The first kappa shape index (κ1) is 11.4. The molecule has 0 atom stereocenters. The summed E-state index contributed by atoms with van der Waals surface area (Å²) in [5, 5.41) is 11.1. The number of hydrogen-bond acceptors (Lipinski definition) is 3. The highest BCUT2D eigenvalue weighted by Crippen LogP contribution is 2.31. The average Bonchev–Trinajstić information content (AvgIpc) is 2.76. The van der Waals surface area contributed by atoms with Crippen LogP contribution in [-0.2, 0) is 0 Å². The van der Waals surface area contributed by atoms with E-state index in [1.165, 1.54) is 6.07 Å². The van der Waals surface area contributed by atoms with Crippen LogP contribution in [0.4, 0.5) is 5.69 Å². The second kappa shape index (κ2) is 4.20. The zero-order valence-corrected chi connectivity index (χ0v) is 10.3. The maximum absolute atomic E-state index is 11.1. The van der Waals surface area contributed by atoms with Gasteiger partial charge in [-0.25, -0.2) is 4.98 Å². The van der Waals surface area contributed by atoms with E-state index in [2.05, 4.69) is 4.98 Å². The van der Waals surface area contributed by atoms with Gasteiger partial charge in [-0.15, -0.1) is 0 Å². The highest BCUT2D eigenvalue weighted by atomic mass is 16.6. The van der Waals surface area contributed by atoms with E-state index in [1.807, 2.05) is 35.7 Å². The second-order valence-corrected chi connectivity index (χ2v) is 4.25. The highest BCUT2D eigenvalue weighted by Gasteiger charge is 2.19. The van der Waals surface area contributed by atoms with Crippen LogP contribution in [0.5, 0.6) is 0 Å². The van der Waals surface area contributed by atoms with Crippen LogP contribution in [-0.4, -0.2) is 14.3 Å². The molecular weight excluding hydrogens is 242 g/mol. The molecule has 0 amide bonds. The minimum Gasteiger partial charge on any atom is -0.304 e. The summed E-state index contributed by atoms with van der Waals surface area (Å²) in [5.74, 6) is 0. The maximum Gasteiger partial charge on any atom is 0.278 e. The van der Waals surface area contributed by atoms with Gasteiger partial charge in [-0.2, -0.15) is 0 Å². The van der Waals surface area contributed by atoms with Crippen molar-refractivity contribution in [2.45, 2.75) is 6.92 Å². The molecule has 3 rings (SSSR count). The van der Waals surface area contributed by atoms with Crippen LogP contribution in [0.2, 0.25) is 0 Å². The third-order valence-corrected chi connectivity index (χ3v) is 3.12. The molecule has 5 nitrogen and oxygen atoms in total. The molecule has 0 bridgehead atoms. The molecule has 0 radical (unpaired) electrons. The van der Waals surface area contributed by atoms with Crippen LogP contribution in [0.1, 0.15) is 5.69 Å². The lowest BCUT2D eigenvalue weighted by atomic mass is 10.1. The lowest BCUT2D eigenvalue weighted by molar-refractivity contribution is -0.384. The van der Waals surface area contributed by atoms with Crippen molar-refractivity contribution < 1.29 is 4.92 Å². The summed E-state index contributed by atoms with van der Waals surface area (Å²) < 4.78 is 1.92. The molecule has 3 aromatic rings. The van der Waals surface area contributed by atoms with Gasteiger partial charge in [0.1, 0.15) is 5.65 Å². The Morgan fingerprint density at radius 1 is 1.16 bits per heavy atom. The zero-order chi connectivity index (χ0) is 13.4. The number of para-hydroxylation sites is 1. The Bertz CT molecular complexity index is 777. The van der Waals surface area contributed by atoms with E-state index in [9.17, 15) is 10.1 Å². The number of aryl methyl sites for hydroxylation is 1. The Morgan fingerprint density at radius 2 is 1.89 bits per heavy atom. The van der Waals surface area contributed by atoms with Crippen molar-refractivity contribution in [3.63, 3.8) is 0 Å². The number of nitro groups is 1. The minimum atomic E-state index is -0.376. The smallest absolute Gasteiger partial charge is 0.278 e. The Kier molecular flexibility index (Phi) is 2.52. The standard InChI is InChI=1S/C14H11N3O2/c1-10-14(15-13-8-4-5-9-16(10)13)11-6-2-3-7-12(11)17(18)19/h2-9H,1H3. The van der Waals surface area contributed by atoms with Crippen LogP contribution in [0, 0.1) is 17.0 Å². The average molecular weight is 253 g/mol. The minimum absolute atomic E-state index is 0.0778. The van der Waals surface area contributed by atoms with E-state index in [0.29, 0.717) is 11.3 Å². The molecule has 19 heavy (non-hydrogen) atoms. The first-order valence-electron chi connectivity index (χ1n) is 5.86. The van der Waals surface area contributed by atoms with Crippen LogP contribution < -0.4 is 0 Å². The molecule has 0 aliphatic rings. The van der Waals surface area contributed by atoms with Crippen molar-refractivity contribution in [1.82, 2.24) is 9.38 Å². The molecule has 0 saturated heterocycles. The van der Waals surface area contributed by atoms with Crippen LogP contribution >= 0.6 is 0 Å². The molecule has 0 aliphatic carbocycles. The van der Waals surface area contributed by atoms with Gasteiger partial charge in [0.05, 0.1) is 16.2 Å². The third-order valence-electron chi connectivity index (χ3n) is 3.12. The van der Waals surface area contributed by atoms with E-state index >= 15 is 0 Å². The number of nitro benzene ring substituents is 1. The van der Waals surface area contributed by atoms with E-state index in [1.54, 1.807) is 18.2 Å². The Labute approximate surface area is 109 Å². The summed E-state index contributed by atoms with van der Waals surface area (Å²) in [7, 11) is 0. The molecule has 0 spiro atoms. The highest BCUT2D eigenvalue weighted by molar-refractivity contribution is 5.74. The van der Waals surface area contributed by atoms with Crippen molar-refractivity contribution in [2.24, 2.45) is 0 Å². The van der Waals surface area contributed by atoms with Gasteiger partial charge >= 0.3 is 0 Å². The summed E-state index contributed by atoms with van der Waals surface area (Å²) in [4.78, 5) is 15.2. The van der Waals surface area contributed by atoms with Crippen LogP contribution in [0.15, 0.2) is 48.7 Å². The zero-order valence-electron chi connectivity index (χ0n) is 10.3. The fourth-order valence-electron chi connectivity index (χ4n) is 2.21. The molecule has 0 fully saturated rings. The number of fused-ring (bicyclic) bond motifs is 1. The Balaban J connectivity index is 2.31. The fourth-order valence-corrected chi connectivity index (χ4v) is 2.21. The van der Waals surface area contributed by atoms with Gasteiger partial charge in [-0.3, -0.25) is 10.1 Å². The molecular formula is C14H11N3O2. The summed E-state index contributed by atoms with van der Waals surface area (Å²) >= 11 is 0. The SMILES string of the molecule is Cc1c(-c2ccccc2[N+](=O)[O-])nc2ccccn12. The van der Waals surface area contributed by atoms with Gasteiger partial charge in [-0.1, -0.05) is 18.2 Å². The molecule has 2 heterocycles. The fraction of sp³-hybridized carbons (Fsp3) is 0.0714. The molecule has 2 aromatic heterocycles. The quantitative estimate of drug-likeness (QED) is 0.520. The van der Waals surface area contributed by atoms with Gasteiger partial charge in [0.15, 0.2) is 0 Å². The normalized spacial score (nSPS) is 10.8. The first-order valence-corrected chi connectivity index (χ1v) is 5.86. The van der Waals surface area contributed by atoms with Gasteiger partial charge in [-0.05, 0) is 25.1 Å². The number of hydrogen-bond donors (Lipinski definition) is 0. The summed E-state index contributed by atoms with van der Waals surface area (Å²) in [6.45, 7) is 1.91. The predicted octanol–water partition coefficient (Wildman–Crippen LogP) is 3.22. The van der Waals surface area contributed by atoms with Gasteiger partial charge < -0.3 is 4.40 Å². The van der Waals surface area contributed by atoms with E-state index in [0.717, 1.165) is 11.3 Å². The van der Waals surface area contributed by atoms with Crippen molar-refractivity contribution in [3.05, 3.63) is 64.5 Å². The third kappa shape index (κ3) is 1.76. The van der Waals surface area contributed by atoms with Crippen LogP contribution in [0.25, 0.3) is 16.9 Å². The van der Waals surface area contributed by atoms with Gasteiger partial charge in [0.2, 0.25) is 0 Å². The van der Waals surface area contributed by atoms with Crippen molar-refractivity contribution in [2.75, 3.05) is 0 Å². The predicted molar refractivity (Wildman–Crippen MR) is 72.0 cm³/mol. The Morgan fingerprint density at radius 3 is 2.63 bits per heavy atom. The van der Waals surface area contributed by atoms with Crippen LogP contribution in [0.3, 0.4) is 0 Å². The lowest BCUT2D eigenvalue weighted by Gasteiger charge is -2.00. The summed E-state index contributed by atoms with van der Waals surface area (Å²) in [6.07, 6.45) is 1.90. The maximum atomic E-state index is 11.1. The van der Waals surface area contributed by atoms with Crippen molar-refractivity contribution in [3.8, 4) is 11.3 Å². The summed E-state index contributed by atoms with van der Waals surface area (Å²) in [6, 6.07) is 12.4. The largest absolute Gasteiger partial charge is 0.304 e. The van der Waals surface area contributed by atoms with Gasteiger partial charge in [0.25, 0.3) is 5.69 Å². The van der Waals surface area contributed by atoms with Gasteiger partial charge in [0, 0.05) is 18.0 Å². The Hall–Kier alpha value is -2.69. The molecule has 0 saturated carbocycles. The molecule has 0 unspecified atom stereocenters. The van der Waals surface area contributed by atoms with E-state index < -0.39 is 0 Å². The topological polar surface area (TPSA) is 60.4 Å². The molecule has 5 heteroatoms. The number of nitrogens with zero attached hydrogens (tertiary/aromatic N) is 3. The monoisotopic (exact) mass is 253 g/mol. The van der Waals surface area contributed by atoms with E-state index in [-0.39, 0.29) is 10.6 Å². The number of rotatable bonds is 2. The van der Waals surface area contributed by atoms with Crippen molar-refractivity contribution >= 4 is 11.3 Å². The van der Waals surface area contributed by atoms with Crippen molar-refractivity contribution in [1.29, 1.82) is 0 Å². The molecule has 1 aromatic carbocycles. The molecule has 0 aliphatic heterocycles. The number of aromatic nitrogens is 2. The second-order valence-electron chi connectivity index (χ2n) is 4.25. The molecule has 0 N–H and O–H groups in total. The number of pyridine rings is 1. The first-order chi connectivity index (χ1) is 9.18. The lowest BCUT2D eigenvalue weighted by Crippen LogP contribution is -1.93. The molecule has 94 valence electrons. The number of benzene rings is 1. The summed E-state index contributed by atoms with van der Waals surface area (Å²) in [5.41, 5.74) is 2.96. The number of imidazole rings is 1.